The van der Waals surface area contributed by atoms with Crippen molar-refractivity contribution in [3.63, 3.8) is 0 Å². The molecule has 390 valence electrons. The smallest absolute Gasteiger partial charge is 0.251 e. The number of nitriles is 1. The highest BCUT2D eigenvalue weighted by molar-refractivity contribution is 7.13. The number of aliphatic hydroxyl groups excluding tert-OH is 1. The lowest BCUT2D eigenvalue weighted by molar-refractivity contribution is -0.164. The number of rotatable bonds is 16. The van der Waals surface area contributed by atoms with Gasteiger partial charge < -0.3 is 40.3 Å². The number of aryl methyl sites for hydroxylation is 1. The molecule has 15 nitrogen and oxygen atoms in total. The van der Waals surface area contributed by atoms with Crippen LogP contribution in [0.1, 0.15) is 107 Å². The van der Waals surface area contributed by atoms with Gasteiger partial charge in [-0.2, -0.15) is 5.26 Å². The van der Waals surface area contributed by atoms with Gasteiger partial charge in [-0.25, -0.2) is 4.98 Å². The summed E-state index contributed by atoms with van der Waals surface area (Å²) in [5.41, 5.74) is 5.27. The number of halogens is 1. The van der Waals surface area contributed by atoms with E-state index in [0.717, 1.165) is 53.3 Å². The Morgan fingerprint density at radius 2 is 1.62 bits per heavy atom. The van der Waals surface area contributed by atoms with Crippen molar-refractivity contribution >= 4 is 46.6 Å². The van der Waals surface area contributed by atoms with Gasteiger partial charge in [-0.05, 0) is 73.2 Å². The quantitative estimate of drug-likeness (QED) is 0.0914. The highest BCUT2D eigenvalue weighted by Gasteiger charge is 2.64. The highest BCUT2D eigenvalue weighted by Crippen LogP contribution is 2.55. The van der Waals surface area contributed by atoms with Crippen LogP contribution in [0.25, 0.3) is 10.4 Å². The number of hydrogen-bond acceptors (Lipinski definition) is 12. The standard InChI is InChI=1S/C56H71ClN8O7S/c1-34(36-10-12-37(13-11-36)46-35(2)59-33-73-46)60-49(69)44-26-41(66)29-65(44)50(70)47(53(3,4)5)61-45(67)30-64-24-22-63(23-25-64)21-20-56(31-71-32-56)40-17-14-38(15-18-40)48(68)62-51-54(6,7)52(55(51,8)9)72-42-19-16-39(28-58)43(57)27-42/h10-19,27,33-34,41,44,47,51-52,66H,20-26,29-32H2,1-9H3,(H,60,69)(H,61,67)(H,62,68)/t34-,41+,44-,47?,51?,52?/m0/s1. The van der Waals surface area contributed by atoms with E-state index in [1.165, 1.54) is 4.90 Å². The Kier molecular flexibility index (Phi) is 15.8. The molecule has 1 unspecified atom stereocenters. The van der Waals surface area contributed by atoms with Crippen molar-refractivity contribution in [3.05, 3.63) is 105 Å². The summed E-state index contributed by atoms with van der Waals surface area (Å²) < 4.78 is 12.2. The highest BCUT2D eigenvalue weighted by atomic mass is 35.5. The molecule has 4 aromatic rings. The van der Waals surface area contributed by atoms with Gasteiger partial charge in [0.1, 0.15) is 30.0 Å². The molecule has 0 spiro atoms. The zero-order chi connectivity index (χ0) is 52.6. The van der Waals surface area contributed by atoms with Crippen molar-refractivity contribution in [1.29, 1.82) is 5.26 Å². The predicted octanol–water partition coefficient (Wildman–Crippen LogP) is 6.90. The number of likely N-dealkylation sites (tertiary alicyclic amines) is 1. The topological polar surface area (TPSA) is 189 Å². The van der Waals surface area contributed by atoms with Gasteiger partial charge in [-0.1, -0.05) is 96.5 Å². The maximum atomic E-state index is 14.3. The van der Waals surface area contributed by atoms with Gasteiger partial charge in [0.2, 0.25) is 17.7 Å². The summed E-state index contributed by atoms with van der Waals surface area (Å²) in [6.45, 7) is 23.0. The number of thiazole rings is 1. The first-order chi connectivity index (χ1) is 34.5. The molecule has 3 aliphatic heterocycles. The largest absolute Gasteiger partial charge is 0.489 e. The fourth-order valence-electron chi connectivity index (χ4n) is 11.6. The van der Waals surface area contributed by atoms with E-state index in [0.29, 0.717) is 48.2 Å². The summed E-state index contributed by atoms with van der Waals surface area (Å²) in [5, 5.41) is 29.7. The van der Waals surface area contributed by atoms with Crippen LogP contribution < -0.4 is 20.7 Å². The van der Waals surface area contributed by atoms with Crippen LogP contribution in [0.3, 0.4) is 0 Å². The van der Waals surface area contributed by atoms with Crippen LogP contribution in [0.5, 0.6) is 5.75 Å². The number of nitrogens with one attached hydrogen (secondary N) is 3. The average molecular weight is 1040 g/mol. The first-order valence-corrected chi connectivity index (χ1v) is 26.7. The molecular formula is C56H71ClN8O7S. The van der Waals surface area contributed by atoms with E-state index in [2.05, 4.69) is 76.6 Å². The number of carbonyl (C=O) groups is 4. The molecule has 3 saturated heterocycles. The second-order valence-corrected chi connectivity index (χ2v) is 24.2. The molecule has 4 heterocycles. The zero-order valence-electron chi connectivity index (χ0n) is 43.6. The third-order valence-corrected chi connectivity index (χ3v) is 17.0. The van der Waals surface area contributed by atoms with E-state index in [1.807, 2.05) is 76.5 Å². The Morgan fingerprint density at radius 3 is 2.19 bits per heavy atom. The Morgan fingerprint density at radius 1 is 0.959 bits per heavy atom. The average Bonchev–Trinajstić information content (AvgIpc) is 3.96. The molecule has 8 rings (SSSR count). The number of carbonyl (C=O) groups excluding carboxylic acids is 4. The monoisotopic (exact) mass is 1030 g/mol. The predicted molar refractivity (Wildman–Crippen MR) is 282 cm³/mol. The van der Waals surface area contributed by atoms with Crippen molar-refractivity contribution < 1.29 is 33.8 Å². The van der Waals surface area contributed by atoms with Crippen LogP contribution in [0, 0.1) is 34.5 Å². The molecule has 1 saturated carbocycles. The van der Waals surface area contributed by atoms with Gasteiger partial charge in [-0.15, -0.1) is 11.3 Å². The molecule has 4 N–H and O–H groups in total. The van der Waals surface area contributed by atoms with Crippen LogP contribution in [0.4, 0.5) is 0 Å². The molecule has 1 aromatic heterocycles. The molecule has 17 heteroatoms. The Hall–Kier alpha value is -5.41. The van der Waals surface area contributed by atoms with Gasteiger partial charge in [0.05, 0.1) is 58.6 Å². The minimum absolute atomic E-state index is 0.00439. The van der Waals surface area contributed by atoms with E-state index in [9.17, 15) is 29.5 Å². The molecule has 4 aliphatic rings. The van der Waals surface area contributed by atoms with Crippen LogP contribution >= 0.6 is 22.9 Å². The van der Waals surface area contributed by atoms with Crippen molar-refractivity contribution in [2.45, 2.75) is 117 Å². The summed E-state index contributed by atoms with van der Waals surface area (Å²) in [6, 6.07) is 20.7. The fraction of sp³-hybridized carbons (Fsp3) is 0.536. The minimum atomic E-state index is -0.913. The van der Waals surface area contributed by atoms with E-state index in [4.69, 9.17) is 21.1 Å². The normalized spacial score (nSPS) is 23.2. The maximum Gasteiger partial charge on any atom is 0.251 e. The molecule has 1 aliphatic carbocycles. The summed E-state index contributed by atoms with van der Waals surface area (Å²) >= 11 is 7.86. The number of aromatic nitrogens is 1. The molecule has 0 bridgehead atoms. The number of benzene rings is 3. The summed E-state index contributed by atoms with van der Waals surface area (Å²) in [5.74, 6) is -0.560. The second-order valence-electron chi connectivity index (χ2n) is 22.9. The first-order valence-electron chi connectivity index (χ1n) is 25.4. The summed E-state index contributed by atoms with van der Waals surface area (Å²) in [7, 11) is 0. The van der Waals surface area contributed by atoms with Crippen molar-refractivity contribution in [2.24, 2.45) is 16.2 Å². The number of aliphatic hydroxyl groups is 1. The van der Waals surface area contributed by atoms with Gasteiger partial charge in [0.15, 0.2) is 0 Å². The fourth-order valence-corrected chi connectivity index (χ4v) is 12.6. The van der Waals surface area contributed by atoms with E-state index >= 15 is 0 Å². The first kappa shape index (κ1) is 53.9. The molecule has 4 fully saturated rings. The van der Waals surface area contributed by atoms with Gasteiger partial charge in [-0.3, -0.25) is 24.1 Å². The molecule has 4 amide bonds. The summed E-state index contributed by atoms with van der Waals surface area (Å²) in [6.07, 6.45) is -0.0798. The number of hydrogen-bond donors (Lipinski definition) is 4. The Labute approximate surface area is 439 Å². The van der Waals surface area contributed by atoms with Crippen molar-refractivity contribution in [2.75, 3.05) is 59.0 Å². The molecule has 3 aromatic carbocycles. The lowest BCUT2D eigenvalue weighted by atomic mass is 9.49. The number of ether oxygens (including phenoxy) is 2. The number of nitrogens with zero attached hydrogens (tertiary/aromatic N) is 5. The minimum Gasteiger partial charge on any atom is -0.489 e. The third kappa shape index (κ3) is 11.5. The van der Waals surface area contributed by atoms with Crippen molar-refractivity contribution in [3.8, 4) is 22.3 Å². The van der Waals surface area contributed by atoms with E-state index in [-0.39, 0.29) is 77.6 Å². The number of piperazine rings is 1. The zero-order valence-corrected chi connectivity index (χ0v) is 45.2. The summed E-state index contributed by atoms with van der Waals surface area (Å²) in [4.78, 5) is 66.9. The molecule has 4 atom stereocenters. The van der Waals surface area contributed by atoms with E-state index in [1.54, 1.807) is 29.5 Å². The van der Waals surface area contributed by atoms with Crippen LogP contribution in [-0.2, 0) is 24.5 Å². The lowest BCUT2D eigenvalue weighted by Crippen LogP contribution is -2.74. The second kappa shape index (κ2) is 21.4. The molecule has 0 radical (unpaired) electrons. The van der Waals surface area contributed by atoms with E-state index < -0.39 is 23.6 Å². The molecule has 73 heavy (non-hydrogen) atoms. The van der Waals surface area contributed by atoms with Crippen LogP contribution in [0.2, 0.25) is 5.02 Å². The number of amides is 4. The number of β-amino-alcohol motifs (C(OH)–C–C–N with tert-alkyl or cyclic N) is 1. The van der Waals surface area contributed by atoms with Gasteiger partial charge in [0, 0.05) is 73.1 Å². The maximum absolute atomic E-state index is 14.3. The molecular weight excluding hydrogens is 964 g/mol. The third-order valence-electron chi connectivity index (χ3n) is 15.7. The van der Waals surface area contributed by atoms with Gasteiger partial charge >= 0.3 is 0 Å². The van der Waals surface area contributed by atoms with Gasteiger partial charge in [0.25, 0.3) is 5.91 Å². The van der Waals surface area contributed by atoms with Crippen molar-refractivity contribution in [1.82, 2.24) is 35.6 Å². The van der Waals surface area contributed by atoms with Crippen LogP contribution in [0.15, 0.2) is 72.2 Å². The van der Waals surface area contributed by atoms with Crippen LogP contribution in [-0.4, -0.2) is 138 Å². The Bertz CT molecular complexity index is 2690. The SMILES string of the molecule is Cc1ncsc1-c1ccc([C@H](C)NC(=O)[C@@H]2C[C@@H](O)CN2C(=O)C(NC(=O)CN2CCN(CCC3(c4ccc(C(=O)NC5C(C)(C)C(Oc6ccc(C#N)c(Cl)c6)C5(C)C)cc4)COC3)CC2)C(C)(C)C)cc1. The Balaban J connectivity index is 0.796. The lowest BCUT2D eigenvalue weighted by Gasteiger charge is -2.63.